The van der Waals surface area contributed by atoms with Gasteiger partial charge in [-0.15, -0.1) is 0 Å². The van der Waals surface area contributed by atoms with Crippen LogP contribution in [-0.4, -0.2) is 24.6 Å². The van der Waals surface area contributed by atoms with Crippen LogP contribution in [0.25, 0.3) is 10.2 Å². The van der Waals surface area contributed by atoms with Crippen LogP contribution in [0.1, 0.15) is 5.56 Å². The first-order valence-electron chi connectivity index (χ1n) is 7.16. The summed E-state index contributed by atoms with van der Waals surface area (Å²) in [7, 11) is 1.45. The minimum absolute atomic E-state index is 0.257. The van der Waals surface area contributed by atoms with Gasteiger partial charge in [-0.05, 0) is 30.3 Å². The molecule has 0 aliphatic heterocycles. The zero-order valence-electron chi connectivity index (χ0n) is 13.1. The number of methoxy groups -OCH3 is 1. The van der Waals surface area contributed by atoms with Gasteiger partial charge in [0.1, 0.15) is 5.82 Å². The molecule has 1 amide bonds. The van der Waals surface area contributed by atoms with E-state index in [4.69, 9.17) is 14.7 Å². The zero-order chi connectivity index (χ0) is 17.8. The molecule has 2 aromatic carbocycles. The van der Waals surface area contributed by atoms with Gasteiger partial charge >= 0.3 is 0 Å². The first-order chi connectivity index (χ1) is 12.1. The Kier molecular flexibility index (Phi) is 4.77. The predicted octanol–water partition coefficient (Wildman–Crippen LogP) is 3.33. The van der Waals surface area contributed by atoms with E-state index >= 15 is 0 Å². The Morgan fingerprint density at radius 3 is 2.92 bits per heavy atom. The molecule has 0 radical (unpaired) electrons. The highest BCUT2D eigenvalue weighted by atomic mass is 32.1. The Morgan fingerprint density at radius 2 is 2.16 bits per heavy atom. The minimum atomic E-state index is -0.411. The van der Waals surface area contributed by atoms with Gasteiger partial charge < -0.3 is 9.47 Å². The van der Waals surface area contributed by atoms with Crippen molar-refractivity contribution >= 4 is 32.6 Å². The highest BCUT2D eigenvalue weighted by molar-refractivity contribution is 7.22. The molecule has 1 aromatic heterocycles. The molecule has 126 valence electrons. The first-order valence-corrected chi connectivity index (χ1v) is 7.97. The third kappa shape index (κ3) is 3.84. The van der Waals surface area contributed by atoms with Crippen molar-refractivity contribution in [3.63, 3.8) is 0 Å². The number of nitrogens with one attached hydrogen (secondary N) is 1. The highest BCUT2D eigenvalue weighted by Gasteiger charge is 2.11. The molecule has 0 saturated heterocycles. The molecule has 0 fully saturated rings. The second-order valence-corrected chi connectivity index (χ2v) is 5.98. The molecule has 0 aliphatic rings. The first kappa shape index (κ1) is 16.7. The van der Waals surface area contributed by atoms with Gasteiger partial charge in [0.05, 0.1) is 29.0 Å². The minimum Gasteiger partial charge on any atom is -0.493 e. The van der Waals surface area contributed by atoms with E-state index in [0.29, 0.717) is 32.4 Å². The standard InChI is InChI=1S/C17H12FN3O3S/c1-23-14-6-10(8-19)2-5-13(14)24-9-16(22)21-17-20-12-4-3-11(18)7-15(12)25-17/h2-7H,9H2,1H3,(H,20,21,22). The summed E-state index contributed by atoms with van der Waals surface area (Å²) in [5.41, 5.74) is 1.03. The lowest BCUT2D eigenvalue weighted by Gasteiger charge is -2.10. The molecule has 25 heavy (non-hydrogen) atoms. The third-order valence-electron chi connectivity index (χ3n) is 3.25. The number of hydrogen-bond acceptors (Lipinski definition) is 6. The van der Waals surface area contributed by atoms with Gasteiger partial charge in [-0.1, -0.05) is 11.3 Å². The molecule has 0 unspecified atom stereocenters. The van der Waals surface area contributed by atoms with Crippen molar-refractivity contribution in [2.45, 2.75) is 0 Å². The fourth-order valence-corrected chi connectivity index (χ4v) is 3.01. The van der Waals surface area contributed by atoms with Gasteiger partial charge in [-0.2, -0.15) is 5.26 Å². The Bertz CT molecular complexity index is 981. The monoisotopic (exact) mass is 357 g/mol. The summed E-state index contributed by atoms with van der Waals surface area (Å²) in [6, 6.07) is 10.9. The molecule has 1 N–H and O–H groups in total. The van der Waals surface area contributed by atoms with Gasteiger partial charge in [0.2, 0.25) is 0 Å². The third-order valence-corrected chi connectivity index (χ3v) is 4.18. The molecule has 3 aromatic rings. The number of aromatic nitrogens is 1. The number of nitriles is 1. The van der Waals surface area contributed by atoms with E-state index in [1.807, 2.05) is 6.07 Å². The maximum atomic E-state index is 13.2. The number of carbonyl (C=O) groups excluding carboxylic acids is 1. The van der Waals surface area contributed by atoms with Crippen molar-refractivity contribution in [2.24, 2.45) is 0 Å². The topological polar surface area (TPSA) is 84.2 Å². The summed E-state index contributed by atoms with van der Waals surface area (Å²) in [5.74, 6) is -0.0541. The number of rotatable bonds is 5. The smallest absolute Gasteiger partial charge is 0.264 e. The Balaban J connectivity index is 1.65. The summed E-state index contributed by atoms with van der Waals surface area (Å²) in [6.07, 6.45) is 0. The van der Waals surface area contributed by atoms with Crippen molar-refractivity contribution < 1.29 is 18.7 Å². The van der Waals surface area contributed by atoms with Crippen molar-refractivity contribution in [2.75, 3.05) is 19.0 Å². The number of nitrogens with zero attached hydrogens (tertiary/aromatic N) is 2. The number of anilines is 1. The van der Waals surface area contributed by atoms with E-state index in [-0.39, 0.29) is 12.4 Å². The van der Waals surface area contributed by atoms with Crippen molar-refractivity contribution in [1.29, 1.82) is 5.26 Å². The average molecular weight is 357 g/mol. The Morgan fingerprint density at radius 1 is 1.32 bits per heavy atom. The van der Waals surface area contributed by atoms with E-state index in [9.17, 15) is 9.18 Å². The van der Waals surface area contributed by atoms with Gasteiger partial charge in [0.25, 0.3) is 5.91 Å². The van der Waals surface area contributed by atoms with Crippen LogP contribution in [0.2, 0.25) is 0 Å². The number of benzene rings is 2. The number of thiazole rings is 1. The fraction of sp³-hybridized carbons (Fsp3) is 0.118. The van der Waals surface area contributed by atoms with E-state index < -0.39 is 5.91 Å². The fourth-order valence-electron chi connectivity index (χ4n) is 2.11. The second kappa shape index (κ2) is 7.15. The summed E-state index contributed by atoms with van der Waals surface area (Å²) >= 11 is 1.17. The molecule has 0 atom stereocenters. The van der Waals surface area contributed by atoms with Crippen LogP contribution >= 0.6 is 11.3 Å². The summed E-state index contributed by atoms with van der Waals surface area (Å²) < 4.78 is 24.4. The largest absolute Gasteiger partial charge is 0.493 e. The molecule has 1 heterocycles. The summed E-state index contributed by atoms with van der Waals surface area (Å²) in [5, 5.41) is 11.8. The van der Waals surface area contributed by atoms with E-state index in [1.165, 1.54) is 36.6 Å². The van der Waals surface area contributed by atoms with E-state index in [2.05, 4.69) is 10.3 Å². The Labute approximate surface area is 146 Å². The van der Waals surface area contributed by atoms with Gasteiger partial charge in [-0.25, -0.2) is 9.37 Å². The van der Waals surface area contributed by atoms with Crippen molar-refractivity contribution in [3.05, 3.63) is 47.8 Å². The zero-order valence-corrected chi connectivity index (χ0v) is 13.9. The van der Waals surface area contributed by atoms with Crippen LogP contribution in [0.4, 0.5) is 9.52 Å². The number of amides is 1. The summed E-state index contributed by atoms with van der Waals surface area (Å²) in [4.78, 5) is 16.2. The lowest BCUT2D eigenvalue weighted by molar-refractivity contribution is -0.118. The maximum Gasteiger partial charge on any atom is 0.264 e. The number of carbonyl (C=O) groups is 1. The second-order valence-electron chi connectivity index (χ2n) is 4.95. The molecular weight excluding hydrogens is 345 g/mol. The molecule has 8 heteroatoms. The van der Waals surface area contributed by atoms with E-state index in [0.717, 1.165) is 0 Å². The molecule has 6 nitrogen and oxygen atoms in total. The number of hydrogen-bond donors (Lipinski definition) is 1. The average Bonchev–Trinajstić information content (AvgIpc) is 3.00. The van der Waals surface area contributed by atoms with Gasteiger partial charge in [-0.3, -0.25) is 10.1 Å². The van der Waals surface area contributed by atoms with Crippen LogP contribution in [-0.2, 0) is 4.79 Å². The molecule has 0 spiro atoms. The number of ether oxygens (including phenoxy) is 2. The molecular formula is C17H12FN3O3S. The Hall–Kier alpha value is -3.18. The molecule has 3 rings (SSSR count). The number of fused-ring (bicyclic) bond motifs is 1. The lowest BCUT2D eigenvalue weighted by Crippen LogP contribution is -2.20. The predicted molar refractivity (Wildman–Crippen MR) is 91.4 cm³/mol. The van der Waals surface area contributed by atoms with Crippen LogP contribution in [0.5, 0.6) is 11.5 Å². The van der Waals surface area contributed by atoms with Crippen LogP contribution in [0, 0.1) is 17.1 Å². The van der Waals surface area contributed by atoms with Crippen molar-refractivity contribution in [1.82, 2.24) is 4.98 Å². The molecule has 0 aliphatic carbocycles. The molecule has 0 saturated carbocycles. The highest BCUT2D eigenvalue weighted by Crippen LogP contribution is 2.28. The molecule has 0 bridgehead atoms. The quantitative estimate of drug-likeness (QED) is 0.757. The van der Waals surface area contributed by atoms with Crippen LogP contribution < -0.4 is 14.8 Å². The summed E-state index contributed by atoms with van der Waals surface area (Å²) in [6.45, 7) is -0.257. The van der Waals surface area contributed by atoms with E-state index in [1.54, 1.807) is 18.2 Å². The normalized spacial score (nSPS) is 10.3. The van der Waals surface area contributed by atoms with Crippen molar-refractivity contribution in [3.8, 4) is 17.6 Å². The lowest BCUT2D eigenvalue weighted by atomic mass is 10.2. The van der Waals surface area contributed by atoms with Gasteiger partial charge in [0, 0.05) is 6.07 Å². The van der Waals surface area contributed by atoms with Gasteiger partial charge in [0.15, 0.2) is 23.2 Å². The SMILES string of the molecule is COc1cc(C#N)ccc1OCC(=O)Nc1nc2ccc(F)cc2s1. The van der Waals surface area contributed by atoms with Crippen LogP contribution in [0.15, 0.2) is 36.4 Å². The maximum absolute atomic E-state index is 13.2. The van der Waals surface area contributed by atoms with Crippen LogP contribution in [0.3, 0.4) is 0 Å². The number of halogens is 1.